The van der Waals surface area contributed by atoms with Gasteiger partial charge in [-0.15, -0.1) is 0 Å². The highest BCUT2D eigenvalue weighted by Gasteiger charge is 2.30. The van der Waals surface area contributed by atoms with E-state index in [9.17, 15) is 4.57 Å². The average Bonchev–Trinajstić information content (AvgIpc) is 1.85. The molecule has 4 heteroatoms. The molecule has 0 aliphatic carbocycles. The minimum absolute atomic E-state index is 0.179. The highest BCUT2D eigenvalue weighted by molar-refractivity contribution is 7.56. The first-order valence-electron chi connectivity index (χ1n) is 3.88. The fourth-order valence-electron chi connectivity index (χ4n) is 0.480. The van der Waals surface area contributed by atoms with Gasteiger partial charge in [-0.25, -0.2) is 0 Å². The predicted molar refractivity (Wildman–Crippen MR) is 50.0 cm³/mol. The van der Waals surface area contributed by atoms with E-state index in [0.29, 0.717) is 0 Å². The maximum atomic E-state index is 11.1. The lowest BCUT2D eigenvalue weighted by atomic mass is 9.95. The van der Waals surface area contributed by atoms with Crippen LogP contribution < -0.4 is 0 Å². The van der Waals surface area contributed by atoms with Crippen molar-refractivity contribution in [2.24, 2.45) is 5.92 Å². The molecule has 0 aliphatic heterocycles. The number of hydrogen-bond donors (Lipinski definition) is 1. The standard InChI is InChI=1S/C8H17O3P/c1-6-12(9,10)11-8(4,5)7(2)3/h6-7H,1H2,2-5H3,(H,9,10). The molecule has 1 unspecified atom stereocenters. The molecule has 0 aromatic heterocycles. The van der Waals surface area contributed by atoms with Crippen LogP contribution in [-0.2, 0) is 9.09 Å². The topological polar surface area (TPSA) is 46.5 Å². The Morgan fingerprint density at radius 1 is 1.58 bits per heavy atom. The Balaban J connectivity index is 4.44. The van der Waals surface area contributed by atoms with Crippen LogP contribution in [0.3, 0.4) is 0 Å². The predicted octanol–water partition coefficient (Wildman–Crippen LogP) is 2.77. The summed E-state index contributed by atoms with van der Waals surface area (Å²) >= 11 is 0. The van der Waals surface area contributed by atoms with Gasteiger partial charge in [0, 0.05) is 5.82 Å². The van der Waals surface area contributed by atoms with Gasteiger partial charge < -0.3 is 4.89 Å². The van der Waals surface area contributed by atoms with E-state index in [1.54, 1.807) is 13.8 Å². The molecular formula is C8H17O3P. The first-order valence-corrected chi connectivity index (χ1v) is 5.53. The van der Waals surface area contributed by atoms with Gasteiger partial charge in [-0.1, -0.05) is 20.4 Å². The number of hydrogen-bond acceptors (Lipinski definition) is 2. The van der Waals surface area contributed by atoms with Crippen LogP contribution in [0.5, 0.6) is 0 Å². The van der Waals surface area contributed by atoms with Gasteiger partial charge in [-0.2, -0.15) is 0 Å². The van der Waals surface area contributed by atoms with Crippen LogP contribution in [0, 0.1) is 5.92 Å². The molecule has 0 heterocycles. The van der Waals surface area contributed by atoms with Crippen LogP contribution in [0.15, 0.2) is 12.4 Å². The Bertz CT molecular complexity index is 208. The van der Waals surface area contributed by atoms with Gasteiger partial charge in [0.25, 0.3) is 0 Å². The van der Waals surface area contributed by atoms with Crippen LogP contribution in [0.2, 0.25) is 0 Å². The van der Waals surface area contributed by atoms with Crippen LogP contribution in [-0.4, -0.2) is 10.5 Å². The lowest BCUT2D eigenvalue weighted by Gasteiger charge is -2.30. The van der Waals surface area contributed by atoms with E-state index >= 15 is 0 Å². The zero-order valence-electron chi connectivity index (χ0n) is 8.07. The lowest BCUT2D eigenvalue weighted by molar-refractivity contribution is 0.0507. The molecule has 0 aromatic carbocycles. The third-order valence-corrected chi connectivity index (χ3v) is 3.18. The first kappa shape index (κ1) is 11.9. The Hall–Kier alpha value is -0.110. The van der Waals surface area contributed by atoms with Crippen molar-refractivity contribution in [3.63, 3.8) is 0 Å². The van der Waals surface area contributed by atoms with Crippen LogP contribution in [0.4, 0.5) is 0 Å². The van der Waals surface area contributed by atoms with E-state index in [1.165, 1.54) is 0 Å². The van der Waals surface area contributed by atoms with Gasteiger partial charge in [-0.05, 0) is 19.8 Å². The summed E-state index contributed by atoms with van der Waals surface area (Å²) in [5.74, 6) is 1.13. The molecule has 1 N–H and O–H groups in total. The van der Waals surface area contributed by atoms with Crippen molar-refractivity contribution >= 4 is 7.60 Å². The van der Waals surface area contributed by atoms with Gasteiger partial charge in [-0.3, -0.25) is 9.09 Å². The van der Waals surface area contributed by atoms with Gasteiger partial charge in [0.15, 0.2) is 0 Å². The normalized spacial score (nSPS) is 17.5. The van der Waals surface area contributed by atoms with Crippen LogP contribution in [0.1, 0.15) is 27.7 Å². The molecule has 0 aliphatic rings. The zero-order chi connectivity index (χ0) is 9.99. The first-order chi connectivity index (χ1) is 5.21. The average molecular weight is 192 g/mol. The molecule has 0 amide bonds. The summed E-state index contributed by atoms with van der Waals surface area (Å²) in [6.45, 7) is 10.7. The van der Waals surface area contributed by atoms with E-state index in [0.717, 1.165) is 5.82 Å². The summed E-state index contributed by atoms with van der Waals surface area (Å²) in [4.78, 5) is 9.12. The monoisotopic (exact) mass is 192 g/mol. The molecule has 12 heavy (non-hydrogen) atoms. The van der Waals surface area contributed by atoms with Crippen molar-refractivity contribution < 1.29 is 14.0 Å². The fraction of sp³-hybridized carbons (Fsp3) is 0.750. The Morgan fingerprint density at radius 3 is 2.25 bits per heavy atom. The van der Waals surface area contributed by atoms with E-state index in [4.69, 9.17) is 9.42 Å². The Labute approximate surface area is 74.0 Å². The molecule has 0 fully saturated rings. The van der Waals surface area contributed by atoms with Gasteiger partial charge in [0.1, 0.15) is 0 Å². The van der Waals surface area contributed by atoms with Crippen molar-refractivity contribution in [2.45, 2.75) is 33.3 Å². The molecule has 72 valence electrons. The quantitative estimate of drug-likeness (QED) is 0.696. The maximum Gasteiger partial charge on any atom is 0.351 e. The smallest absolute Gasteiger partial charge is 0.321 e. The Kier molecular flexibility index (Phi) is 3.70. The molecular weight excluding hydrogens is 175 g/mol. The molecule has 0 radical (unpaired) electrons. The molecule has 0 spiro atoms. The second-order valence-electron chi connectivity index (χ2n) is 3.60. The third kappa shape index (κ3) is 3.53. The molecule has 0 bridgehead atoms. The SMILES string of the molecule is C=CP(=O)(O)OC(C)(C)C(C)C. The van der Waals surface area contributed by atoms with Gasteiger partial charge in [0.2, 0.25) is 0 Å². The van der Waals surface area contributed by atoms with Crippen LogP contribution in [0.25, 0.3) is 0 Å². The zero-order valence-corrected chi connectivity index (χ0v) is 8.97. The van der Waals surface area contributed by atoms with Crippen molar-refractivity contribution in [2.75, 3.05) is 0 Å². The summed E-state index contributed by atoms with van der Waals surface area (Å²) in [6.07, 6.45) is 0. The maximum absolute atomic E-state index is 11.1. The molecule has 0 saturated heterocycles. The second-order valence-corrected chi connectivity index (χ2v) is 5.27. The summed E-state index contributed by atoms with van der Waals surface area (Å²) in [6, 6.07) is 0. The van der Waals surface area contributed by atoms with Gasteiger partial charge in [0.05, 0.1) is 5.60 Å². The molecule has 3 nitrogen and oxygen atoms in total. The van der Waals surface area contributed by atoms with E-state index in [-0.39, 0.29) is 5.92 Å². The molecule has 0 rings (SSSR count). The molecule has 0 aromatic rings. The Morgan fingerprint density at radius 2 is 2.00 bits per heavy atom. The highest BCUT2D eigenvalue weighted by Crippen LogP contribution is 2.48. The molecule has 0 saturated carbocycles. The largest absolute Gasteiger partial charge is 0.351 e. The van der Waals surface area contributed by atoms with Crippen molar-refractivity contribution in [1.82, 2.24) is 0 Å². The highest BCUT2D eigenvalue weighted by atomic mass is 31.2. The van der Waals surface area contributed by atoms with Crippen LogP contribution >= 0.6 is 7.60 Å². The third-order valence-electron chi connectivity index (χ3n) is 1.99. The summed E-state index contributed by atoms with van der Waals surface area (Å²) in [5, 5.41) is 0. The summed E-state index contributed by atoms with van der Waals surface area (Å²) in [7, 11) is -3.58. The summed E-state index contributed by atoms with van der Waals surface area (Å²) < 4.78 is 16.1. The lowest BCUT2D eigenvalue weighted by Crippen LogP contribution is -2.29. The fourth-order valence-corrected chi connectivity index (χ4v) is 1.44. The van der Waals surface area contributed by atoms with Crippen molar-refractivity contribution in [3.8, 4) is 0 Å². The second kappa shape index (κ2) is 3.73. The van der Waals surface area contributed by atoms with Crippen molar-refractivity contribution in [1.29, 1.82) is 0 Å². The minimum atomic E-state index is -3.58. The van der Waals surface area contributed by atoms with E-state index in [1.807, 2.05) is 13.8 Å². The van der Waals surface area contributed by atoms with Gasteiger partial charge >= 0.3 is 7.60 Å². The van der Waals surface area contributed by atoms with Crippen molar-refractivity contribution in [3.05, 3.63) is 12.4 Å². The number of rotatable bonds is 4. The molecule has 1 atom stereocenters. The minimum Gasteiger partial charge on any atom is -0.321 e. The summed E-state index contributed by atoms with van der Waals surface area (Å²) in [5.41, 5.74) is -0.599. The van der Waals surface area contributed by atoms with E-state index < -0.39 is 13.2 Å². The van der Waals surface area contributed by atoms with E-state index in [2.05, 4.69) is 6.58 Å².